The number of nitrogens with two attached hydrogens (primary N) is 1. The zero-order valence-corrected chi connectivity index (χ0v) is 9.89. The van der Waals surface area contributed by atoms with Gasteiger partial charge >= 0.3 is 0 Å². The van der Waals surface area contributed by atoms with Crippen LogP contribution in [0.15, 0.2) is 54.6 Å². The van der Waals surface area contributed by atoms with Gasteiger partial charge in [0.2, 0.25) is 0 Å². The number of hydrogen-bond donors (Lipinski definition) is 2. The lowest BCUT2D eigenvalue weighted by Gasteiger charge is -2.03. The minimum absolute atomic E-state index is 0.526. The molecule has 3 N–H and O–H groups in total. The van der Waals surface area contributed by atoms with E-state index in [1.165, 1.54) is 0 Å². The van der Waals surface area contributed by atoms with Crippen LogP contribution < -0.4 is 10.5 Å². The van der Waals surface area contributed by atoms with Gasteiger partial charge in [-0.15, -0.1) is 0 Å². The third-order valence-corrected chi connectivity index (χ3v) is 2.84. The molecule has 3 aromatic rings. The first-order chi connectivity index (χ1) is 8.81. The van der Waals surface area contributed by atoms with Gasteiger partial charge in [-0.3, -0.25) is 0 Å². The molecule has 3 heteroatoms. The highest BCUT2D eigenvalue weighted by atomic mass is 16.5. The Kier molecular flexibility index (Phi) is 2.65. The molecule has 0 aliphatic rings. The van der Waals surface area contributed by atoms with E-state index in [1.54, 1.807) is 0 Å². The van der Waals surface area contributed by atoms with Gasteiger partial charge in [-0.2, -0.15) is 0 Å². The van der Waals surface area contributed by atoms with Crippen molar-refractivity contribution >= 4 is 16.6 Å². The fourth-order valence-electron chi connectivity index (χ4n) is 1.97. The summed E-state index contributed by atoms with van der Waals surface area (Å²) in [6, 6.07) is 17.7. The average Bonchev–Trinajstić information content (AvgIpc) is 2.79. The van der Waals surface area contributed by atoms with E-state index in [0.29, 0.717) is 6.61 Å². The van der Waals surface area contributed by atoms with Crippen molar-refractivity contribution in [2.75, 3.05) is 5.73 Å². The number of anilines is 1. The van der Waals surface area contributed by atoms with Crippen molar-refractivity contribution in [3.05, 3.63) is 60.3 Å². The van der Waals surface area contributed by atoms with Gasteiger partial charge in [-0.1, -0.05) is 18.2 Å². The second-order valence-corrected chi connectivity index (χ2v) is 4.24. The lowest BCUT2D eigenvalue weighted by Crippen LogP contribution is -1.94. The monoisotopic (exact) mass is 238 g/mol. The normalized spacial score (nSPS) is 10.7. The molecule has 0 aliphatic carbocycles. The van der Waals surface area contributed by atoms with Gasteiger partial charge in [-0.25, -0.2) is 0 Å². The van der Waals surface area contributed by atoms with Crippen molar-refractivity contribution in [1.29, 1.82) is 0 Å². The summed E-state index contributed by atoms with van der Waals surface area (Å²) in [6.07, 6.45) is 0. The van der Waals surface area contributed by atoms with Crippen LogP contribution in [0.3, 0.4) is 0 Å². The molecule has 0 saturated heterocycles. The van der Waals surface area contributed by atoms with E-state index in [0.717, 1.165) is 28.0 Å². The molecule has 90 valence electrons. The van der Waals surface area contributed by atoms with Gasteiger partial charge in [0.1, 0.15) is 12.4 Å². The van der Waals surface area contributed by atoms with Gasteiger partial charge in [0.25, 0.3) is 0 Å². The molecule has 0 spiro atoms. The summed E-state index contributed by atoms with van der Waals surface area (Å²) >= 11 is 0. The number of ether oxygens (including phenoxy) is 1. The molecule has 0 unspecified atom stereocenters. The molecule has 2 aromatic carbocycles. The van der Waals surface area contributed by atoms with E-state index in [-0.39, 0.29) is 0 Å². The summed E-state index contributed by atoms with van der Waals surface area (Å²) in [6.45, 7) is 0.526. The van der Waals surface area contributed by atoms with Crippen molar-refractivity contribution in [3.63, 3.8) is 0 Å². The highest BCUT2D eigenvalue weighted by Crippen LogP contribution is 2.19. The molecular weight excluding hydrogens is 224 g/mol. The summed E-state index contributed by atoms with van der Waals surface area (Å²) in [5.74, 6) is 0.871. The number of hydrogen-bond acceptors (Lipinski definition) is 2. The molecular formula is C15H14N2O. The number of benzene rings is 2. The predicted octanol–water partition coefficient (Wildman–Crippen LogP) is 3.33. The number of H-pyrrole nitrogens is 1. The van der Waals surface area contributed by atoms with Crippen molar-refractivity contribution in [2.24, 2.45) is 0 Å². The Morgan fingerprint density at radius 2 is 1.83 bits per heavy atom. The highest BCUT2D eigenvalue weighted by Gasteiger charge is 2.01. The SMILES string of the molecule is Nc1ccc2[nH]c(COc3ccccc3)cc2c1. The van der Waals surface area contributed by atoms with Crippen LogP contribution in [0.4, 0.5) is 5.69 Å². The lowest BCUT2D eigenvalue weighted by molar-refractivity contribution is 0.302. The number of aromatic nitrogens is 1. The van der Waals surface area contributed by atoms with E-state index >= 15 is 0 Å². The van der Waals surface area contributed by atoms with E-state index in [4.69, 9.17) is 10.5 Å². The van der Waals surface area contributed by atoms with E-state index < -0.39 is 0 Å². The summed E-state index contributed by atoms with van der Waals surface area (Å²) in [5, 5.41) is 1.11. The molecule has 18 heavy (non-hydrogen) atoms. The number of nitrogens with one attached hydrogen (secondary N) is 1. The van der Waals surface area contributed by atoms with Crippen LogP contribution in [-0.2, 0) is 6.61 Å². The topological polar surface area (TPSA) is 51.0 Å². The zero-order chi connectivity index (χ0) is 12.4. The van der Waals surface area contributed by atoms with Crippen LogP contribution in [0.25, 0.3) is 10.9 Å². The van der Waals surface area contributed by atoms with E-state index in [9.17, 15) is 0 Å². The number of para-hydroxylation sites is 1. The molecule has 1 heterocycles. The third-order valence-electron chi connectivity index (χ3n) is 2.84. The number of fused-ring (bicyclic) bond motifs is 1. The number of nitrogen functional groups attached to an aromatic ring is 1. The molecule has 0 fully saturated rings. The standard InChI is InChI=1S/C15H14N2O/c16-12-6-7-15-11(8-12)9-13(17-15)10-18-14-4-2-1-3-5-14/h1-9,17H,10,16H2. The maximum absolute atomic E-state index is 5.75. The number of aromatic amines is 1. The van der Waals surface area contributed by atoms with Gasteiger partial charge < -0.3 is 15.5 Å². The third kappa shape index (κ3) is 2.15. The van der Waals surface area contributed by atoms with Gasteiger partial charge in [0, 0.05) is 16.6 Å². The molecule has 0 amide bonds. The van der Waals surface area contributed by atoms with Crippen LogP contribution in [0.2, 0.25) is 0 Å². The Morgan fingerprint density at radius 3 is 2.67 bits per heavy atom. The largest absolute Gasteiger partial charge is 0.487 e. The molecule has 0 atom stereocenters. The minimum atomic E-state index is 0.526. The smallest absolute Gasteiger partial charge is 0.128 e. The van der Waals surface area contributed by atoms with Crippen LogP contribution in [0.1, 0.15) is 5.69 Å². The zero-order valence-electron chi connectivity index (χ0n) is 9.89. The summed E-state index contributed by atoms with van der Waals surface area (Å²) < 4.78 is 5.69. The van der Waals surface area contributed by atoms with Gasteiger partial charge in [-0.05, 0) is 36.4 Å². The molecule has 3 rings (SSSR count). The Morgan fingerprint density at radius 1 is 1.00 bits per heavy atom. The molecule has 1 aromatic heterocycles. The van der Waals surface area contributed by atoms with Gasteiger partial charge in [0.05, 0.1) is 5.69 Å². The van der Waals surface area contributed by atoms with E-state index in [1.807, 2.05) is 48.5 Å². The van der Waals surface area contributed by atoms with Crippen LogP contribution in [0, 0.1) is 0 Å². The first kappa shape index (κ1) is 10.7. The van der Waals surface area contributed by atoms with Crippen LogP contribution >= 0.6 is 0 Å². The maximum Gasteiger partial charge on any atom is 0.128 e. The fourth-order valence-corrected chi connectivity index (χ4v) is 1.97. The van der Waals surface area contributed by atoms with Crippen LogP contribution in [0.5, 0.6) is 5.75 Å². The Bertz CT molecular complexity index is 659. The van der Waals surface area contributed by atoms with Crippen molar-refractivity contribution in [2.45, 2.75) is 6.61 Å². The Balaban J connectivity index is 1.79. The van der Waals surface area contributed by atoms with Gasteiger partial charge in [0.15, 0.2) is 0 Å². The van der Waals surface area contributed by atoms with E-state index in [2.05, 4.69) is 11.1 Å². The fraction of sp³-hybridized carbons (Fsp3) is 0.0667. The minimum Gasteiger partial charge on any atom is -0.487 e. The molecule has 0 bridgehead atoms. The summed E-state index contributed by atoms with van der Waals surface area (Å²) in [4.78, 5) is 3.31. The second-order valence-electron chi connectivity index (χ2n) is 4.24. The molecule has 0 saturated carbocycles. The number of rotatable bonds is 3. The van der Waals surface area contributed by atoms with Crippen molar-refractivity contribution < 1.29 is 4.74 Å². The quantitative estimate of drug-likeness (QED) is 0.688. The highest BCUT2D eigenvalue weighted by molar-refractivity contribution is 5.83. The van der Waals surface area contributed by atoms with Crippen molar-refractivity contribution in [1.82, 2.24) is 4.98 Å². The summed E-state index contributed by atoms with van der Waals surface area (Å²) in [7, 11) is 0. The lowest BCUT2D eigenvalue weighted by atomic mass is 10.2. The predicted molar refractivity (Wildman–Crippen MR) is 73.5 cm³/mol. The maximum atomic E-state index is 5.75. The molecule has 0 aliphatic heterocycles. The molecule has 0 radical (unpaired) electrons. The second kappa shape index (κ2) is 4.45. The Labute approximate surface area is 105 Å². The molecule has 3 nitrogen and oxygen atoms in total. The summed E-state index contributed by atoms with van der Waals surface area (Å²) in [5.41, 5.74) is 8.65. The van der Waals surface area contributed by atoms with Crippen LogP contribution in [-0.4, -0.2) is 4.98 Å². The average molecular weight is 238 g/mol. The first-order valence-electron chi connectivity index (χ1n) is 5.86. The Hall–Kier alpha value is -2.42. The first-order valence-corrected chi connectivity index (χ1v) is 5.86. The van der Waals surface area contributed by atoms with Crippen molar-refractivity contribution in [3.8, 4) is 5.75 Å².